The Hall–Kier alpha value is -9.07. The van der Waals surface area contributed by atoms with Crippen LogP contribution in [0.3, 0.4) is 0 Å². The van der Waals surface area contributed by atoms with Crippen molar-refractivity contribution in [3.63, 3.8) is 0 Å². The Balaban J connectivity index is 0.000000506. The van der Waals surface area contributed by atoms with Crippen LogP contribution < -0.4 is 0 Å². The van der Waals surface area contributed by atoms with Gasteiger partial charge in [-0.2, -0.15) is 0 Å². The van der Waals surface area contributed by atoms with Crippen LogP contribution in [0.25, 0.3) is 94.2 Å². The van der Waals surface area contributed by atoms with Gasteiger partial charge in [-0.3, -0.25) is 24.7 Å². The summed E-state index contributed by atoms with van der Waals surface area (Å²) in [7, 11) is 0. The van der Waals surface area contributed by atoms with Gasteiger partial charge in [-0.15, -0.1) is 140 Å². The maximum absolute atomic E-state index is 10.0. The smallest absolute Gasteiger partial charge is 0.155 e. The molecule has 4 heterocycles. The number of ketones is 1. The van der Waals surface area contributed by atoms with Crippen LogP contribution in [0.4, 0.5) is 0 Å². The Bertz CT molecular complexity index is 5400. The molecule has 9 aromatic carbocycles. The van der Waals surface area contributed by atoms with Crippen LogP contribution in [-0.2, 0) is 104 Å². The molecule has 0 saturated carbocycles. The summed E-state index contributed by atoms with van der Waals surface area (Å²) in [5, 5.41) is 69.6. The number of aromatic nitrogens is 4. The van der Waals surface area contributed by atoms with Crippen LogP contribution in [0.2, 0.25) is 0 Å². The van der Waals surface area contributed by atoms with E-state index in [0.29, 0.717) is 41.9 Å². The molecule has 0 amide bonds. The summed E-state index contributed by atoms with van der Waals surface area (Å²) in [6.45, 7) is 49.6. The zero-order valence-corrected chi connectivity index (χ0v) is 89.7. The van der Waals surface area contributed by atoms with Crippen molar-refractivity contribution in [2.24, 2.45) is 23.7 Å². The summed E-state index contributed by atoms with van der Waals surface area (Å²) in [5.74, 6) is 2.34. The van der Waals surface area contributed by atoms with Crippen molar-refractivity contribution in [1.82, 2.24) is 19.9 Å². The van der Waals surface area contributed by atoms with Gasteiger partial charge in [0.05, 0.1) is 63.4 Å². The van der Waals surface area contributed by atoms with Crippen molar-refractivity contribution < 1.29 is 121 Å². The first-order chi connectivity index (χ1) is 59.2. The first kappa shape index (κ1) is 116. The third-order valence-corrected chi connectivity index (χ3v) is 20.3. The Labute approximate surface area is 825 Å². The molecule has 4 aromatic heterocycles. The zero-order chi connectivity index (χ0) is 92.5. The second kappa shape index (κ2) is 58.0. The first-order valence-corrected chi connectivity index (χ1v) is 43.9. The van der Waals surface area contributed by atoms with Gasteiger partial charge in [-0.1, -0.05) is 273 Å². The fourth-order valence-electron chi connectivity index (χ4n) is 14.5. The number of hydrogen-bond donors (Lipinski definition) is 7. The first-order valence-electron chi connectivity index (χ1n) is 43.9. The van der Waals surface area contributed by atoms with Crippen molar-refractivity contribution in [2.45, 2.75) is 229 Å². The number of benzene rings is 9. The fourth-order valence-corrected chi connectivity index (χ4v) is 14.5. The van der Waals surface area contributed by atoms with E-state index in [1.807, 2.05) is 71.9 Å². The van der Waals surface area contributed by atoms with Gasteiger partial charge in [0, 0.05) is 126 Å². The summed E-state index contributed by atoms with van der Waals surface area (Å²) >= 11 is 0. The summed E-state index contributed by atoms with van der Waals surface area (Å²) in [5.41, 5.74) is 29.0. The number of aliphatic hydroxyl groups excluding tert-OH is 7. The van der Waals surface area contributed by atoms with E-state index in [4.69, 9.17) is 25.0 Å². The minimum atomic E-state index is -0.646. The van der Waals surface area contributed by atoms with E-state index in [9.17, 15) is 35.4 Å². The summed E-state index contributed by atoms with van der Waals surface area (Å²) in [4.78, 5) is 29.3. The molecule has 0 saturated heterocycles. The molecule has 0 aliphatic carbocycles. The molecule has 0 aliphatic rings. The molecule has 12 nitrogen and oxygen atoms in total. The number of carbonyl (C=O) groups is 1. The number of pyridine rings is 4. The molecule has 13 aromatic rings. The Morgan fingerprint density at radius 3 is 0.992 bits per heavy atom. The van der Waals surface area contributed by atoms with Crippen LogP contribution in [-0.4, -0.2) is 79.8 Å². The van der Waals surface area contributed by atoms with Crippen LogP contribution in [0.1, 0.15) is 209 Å². The van der Waals surface area contributed by atoms with Crippen molar-refractivity contribution in [3.8, 4) is 45.0 Å². The van der Waals surface area contributed by atoms with E-state index in [0.717, 1.165) is 114 Å². The normalized spacial score (nSPS) is 12.0. The van der Waals surface area contributed by atoms with E-state index >= 15 is 0 Å². The number of fused-ring (bicyclic) bond motifs is 4. The molecule has 0 aliphatic heterocycles. The monoisotopic (exact) mass is 2450 g/mol. The van der Waals surface area contributed by atoms with Crippen molar-refractivity contribution in [3.05, 3.63) is 338 Å². The van der Waals surface area contributed by atoms with Gasteiger partial charge < -0.3 is 35.7 Å². The van der Waals surface area contributed by atoms with Crippen LogP contribution in [0.15, 0.2) is 241 Å². The minimum absolute atomic E-state index is 0. The van der Waals surface area contributed by atoms with Gasteiger partial charge in [0.1, 0.15) is 0 Å². The predicted octanol–water partition coefficient (Wildman–Crippen LogP) is 28.5. The Morgan fingerprint density at radius 1 is 0.395 bits per heavy atom. The average Bonchev–Trinajstić information content (AvgIpc) is 0.765. The van der Waals surface area contributed by atoms with E-state index in [2.05, 4.69) is 298 Å². The van der Waals surface area contributed by atoms with E-state index in [-0.39, 0.29) is 115 Å². The van der Waals surface area contributed by atoms with Gasteiger partial charge in [0.2, 0.25) is 0 Å². The molecule has 16 heteroatoms. The van der Waals surface area contributed by atoms with Crippen LogP contribution >= 0.6 is 0 Å². The quantitative estimate of drug-likeness (QED) is 0.0229. The zero-order valence-electron chi connectivity index (χ0n) is 80.1. The molecule has 13 rings (SSSR count). The van der Waals surface area contributed by atoms with E-state index in [1.54, 1.807) is 19.9 Å². The topological polar surface area (TPSA) is 210 Å². The van der Waals surface area contributed by atoms with Gasteiger partial charge >= 0.3 is 0 Å². The third kappa shape index (κ3) is 38.7. The molecular weight excluding hydrogens is 2310 g/mol. The number of nitrogens with zero attached hydrogens (tertiary/aromatic N) is 4. The molecule has 3 atom stereocenters. The van der Waals surface area contributed by atoms with Gasteiger partial charge in [-0.05, 0) is 164 Å². The Kier molecular flexibility index (Phi) is 52.1. The van der Waals surface area contributed by atoms with Crippen molar-refractivity contribution in [2.75, 3.05) is 0 Å². The maximum Gasteiger partial charge on any atom is 0.155 e. The minimum Gasteiger partial charge on any atom is -0.513 e. The second-order valence-electron chi connectivity index (χ2n) is 34.3. The largest absolute Gasteiger partial charge is 0.513 e. The van der Waals surface area contributed by atoms with Gasteiger partial charge in [0.15, 0.2) is 5.78 Å². The van der Waals surface area contributed by atoms with Crippen molar-refractivity contribution in [1.29, 1.82) is 0 Å². The SMILES string of the molecule is CC(=O)C=C(C)O.CC(C)C(O)=CC(O)C(C)C.CC(C)CC(O)=CC(O)CC(C)C.CC(O)=C(c1ccccc1)C(C)O.CCc1cccc2nc(-c3[c-]c(C)cc(C)c3)ccc12.CCc1cccc2nc(-c3[c-]c(C)cc(C)c3)ccc12.CCc1cccc2nc(-c3[c-]c(C)cc(C)c3)ccc12.Cc1[c-]c(-c2ccc3c(C(C)C)cccc3n2)cc(C)c1.[Ir].[Ir].[Ir].[Ir]. The fraction of sp³-hybridized carbons (Fsp3) is 0.336. The number of hydrogen-bond acceptors (Lipinski definition) is 12. The standard InChI is InChI=1S/C20H20N.3C19H18N.C11H14O2.C11H22O2.C9H18O2.C5H8O2.4Ir/c1-13(2)17-6-5-7-20-18(17)8-9-19(21-20)16-11-14(3)10-15(4)12-16;3*1-4-15-6-5-7-19-17(15)8-9-18(20-19)16-11-13(2)10-14(3)12-16;1-8(12)11(9(2)13)10-6-4-3-5-7-10;1-8(2)5-10(12)7-11(13)6-9(3)4;1-6(2)8(10)5-9(11)7(3)4;1-4(6)3-5(2)7;;;;/h5-11,13H,1-4H3;3*5-11H,4H2,1-3H3;3-8,12-13H,1-2H3;7-10,12-13H,5-6H2,1-4H3;5-8,10-11H,1-4H3;3,6H,1-2H3;;;;/q4*-1;;;;;;;;. The summed E-state index contributed by atoms with van der Waals surface area (Å²) in [6, 6.07) is 82.7. The second-order valence-corrected chi connectivity index (χ2v) is 34.3. The molecule has 4 radical (unpaired) electrons. The molecule has 0 fully saturated rings. The van der Waals surface area contributed by atoms with Gasteiger partial charge in [-0.25, -0.2) is 0 Å². The summed E-state index contributed by atoms with van der Waals surface area (Å²) in [6.07, 6.45) is 7.02. The third-order valence-electron chi connectivity index (χ3n) is 20.3. The van der Waals surface area contributed by atoms with Gasteiger partial charge in [0.25, 0.3) is 0 Å². The molecule has 0 bridgehead atoms. The molecule has 129 heavy (non-hydrogen) atoms. The molecule has 7 N–H and O–H groups in total. The Morgan fingerprint density at radius 2 is 0.729 bits per heavy atom. The van der Waals surface area contributed by atoms with Crippen LogP contribution in [0, 0.1) is 103 Å². The average molecular weight is 2450 g/mol. The maximum atomic E-state index is 10.0. The number of carbonyl (C=O) groups excluding carboxylic acids is 1. The molecule has 0 spiro atoms. The number of allylic oxidation sites excluding steroid dienone is 5. The molecule has 696 valence electrons. The van der Waals surface area contributed by atoms with Crippen molar-refractivity contribution >= 4 is 55.0 Å². The van der Waals surface area contributed by atoms with E-state index < -0.39 is 18.3 Å². The molecule has 3 unspecified atom stereocenters. The molecular formula is C113H136Ir4N4O8-4. The van der Waals surface area contributed by atoms with Crippen LogP contribution in [0.5, 0.6) is 0 Å². The summed E-state index contributed by atoms with van der Waals surface area (Å²) < 4.78 is 0. The number of aliphatic hydroxyl groups is 7. The number of aryl methyl sites for hydroxylation is 11. The van der Waals surface area contributed by atoms with E-state index in [1.165, 1.54) is 92.1 Å². The predicted molar refractivity (Wildman–Crippen MR) is 527 cm³/mol. The number of rotatable bonds is 19.